The molecule has 1 saturated heterocycles. The number of aliphatic hydroxyl groups excluding tert-OH is 1. The van der Waals surface area contributed by atoms with Crippen LogP contribution in [-0.2, 0) is 16.0 Å². The first-order valence-corrected chi connectivity index (χ1v) is 8.53. The van der Waals surface area contributed by atoms with Crippen LogP contribution in [0.2, 0.25) is 0 Å². The molecule has 3 rings (SSSR count). The van der Waals surface area contributed by atoms with E-state index < -0.39 is 24.5 Å². The van der Waals surface area contributed by atoms with Crippen molar-refractivity contribution in [3.8, 4) is 0 Å². The number of nitrogens with zero attached hydrogens (tertiary/aromatic N) is 3. The quantitative estimate of drug-likeness (QED) is 0.468. The number of aliphatic hydroxyl groups is 1. The maximum Gasteiger partial charge on any atom is 0.407 e. The second kappa shape index (κ2) is 8.20. The smallest absolute Gasteiger partial charge is 0.407 e. The Morgan fingerprint density at radius 2 is 2.12 bits per heavy atom. The number of ether oxygens (including phenoxy) is 2. The van der Waals surface area contributed by atoms with E-state index in [9.17, 15) is 9.90 Å². The Balaban J connectivity index is 1.53. The zero-order valence-corrected chi connectivity index (χ0v) is 13.8. The fourth-order valence-electron chi connectivity index (χ4n) is 3.07. The minimum atomic E-state index is -1.16. The maximum atomic E-state index is 12.1. The van der Waals surface area contributed by atoms with Gasteiger partial charge in [0.2, 0.25) is 0 Å². The lowest BCUT2D eigenvalue weighted by atomic mass is 9.98. The SMILES string of the molecule is [N-]=[N+]=NC1CC[C@@H]([C@H](OC(=O)NCc2ccccc2)C2CC2)OC1O. The molecule has 2 N–H and O–H groups in total. The van der Waals surface area contributed by atoms with Gasteiger partial charge in [-0.1, -0.05) is 35.4 Å². The van der Waals surface area contributed by atoms with E-state index in [-0.39, 0.29) is 12.0 Å². The van der Waals surface area contributed by atoms with Gasteiger partial charge in [-0.3, -0.25) is 0 Å². The van der Waals surface area contributed by atoms with Gasteiger partial charge in [0.25, 0.3) is 0 Å². The number of hydrogen-bond donors (Lipinski definition) is 2. The van der Waals surface area contributed by atoms with Gasteiger partial charge in [0.05, 0.1) is 12.1 Å². The number of rotatable bonds is 6. The first kappa shape index (κ1) is 17.5. The molecule has 1 aliphatic heterocycles. The average molecular weight is 346 g/mol. The molecule has 8 nitrogen and oxygen atoms in total. The fraction of sp³-hybridized carbons (Fsp3) is 0.588. The van der Waals surface area contributed by atoms with Crippen molar-refractivity contribution in [2.75, 3.05) is 0 Å². The van der Waals surface area contributed by atoms with Crippen LogP contribution in [0.1, 0.15) is 31.2 Å². The lowest BCUT2D eigenvalue weighted by Gasteiger charge is -2.35. The van der Waals surface area contributed by atoms with Crippen LogP contribution in [0.15, 0.2) is 35.4 Å². The molecule has 1 amide bonds. The third kappa shape index (κ3) is 4.85. The molecule has 4 atom stereocenters. The molecule has 1 saturated carbocycles. The van der Waals surface area contributed by atoms with E-state index in [4.69, 9.17) is 15.0 Å². The summed E-state index contributed by atoms with van der Waals surface area (Å²) >= 11 is 0. The Hall–Kier alpha value is -2.28. The van der Waals surface area contributed by atoms with E-state index in [1.807, 2.05) is 30.3 Å². The molecule has 0 spiro atoms. The van der Waals surface area contributed by atoms with Crippen LogP contribution in [0.3, 0.4) is 0 Å². The highest BCUT2D eigenvalue weighted by atomic mass is 16.6. The van der Waals surface area contributed by atoms with Gasteiger partial charge < -0.3 is 19.9 Å². The van der Waals surface area contributed by atoms with Crippen LogP contribution in [0.4, 0.5) is 4.79 Å². The molecule has 1 aromatic carbocycles. The molecule has 1 aromatic rings. The van der Waals surface area contributed by atoms with Gasteiger partial charge in [0.15, 0.2) is 6.29 Å². The van der Waals surface area contributed by atoms with Crippen LogP contribution < -0.4 is 5.32 Å². The van der Waals surface area contributed by atoms with Gasteiger partial charge in [0, 0.05) is 11.5 Å². The van der Waals surface area contributed by atoms with Crippen LogP contribution in [0, 0.1) is 5.92 Å². The molecular weight excluding hydrogens is 324 g/mol. The van der Waals surface area contributed by atoms with Crippen molar-refractivity contribution >= 4 is 6.09 Å². The van der Waals surface area contributed by atoms with Crippen molar-refractivity contribution in [1.82, 2.24) is 5.32 Å². The maximum absolute atomic E-state index is 12.1. The predicted octanol–water partition coefficient (Wildman–Crippen LogP) is 2.87. The van der Waals surface area contributed by atoms with E-state index in [1.165, 1.54) is 0 Å². The van der Waals surface area contributed by atoms with Gasteiger partial charge in [-0.2, -0.15) is 0 Å². The molecule has 2 fully saturated rings. The van der Waals surface area contributed by atoms with Crippen molar-refractivity contribution in [2.45, 2.75) is 56.8 Å². The minimum Gasteiger partial charge on any atom is -0.443 e. The second-order valence-electron chi connectivity index (χ2n) is 6.46. The number of azide groups is 1. The van der Waals surface area contributed by atoms with Crippen LogP contribution in [0.5, 0.6) is 0 Å². The van der Waals surface area contributed by atoms with Gasteiger partial charge in [-0.25, -0.2) is 4.79 Å². The Bertz CT molecular complexity index is 631. The lowest BCUT2D eigenvalue weighted by molar-refractivity contribution is -0.200. The Morgan fingerprint density at radius 3 is 2.76 bits per heavy atom. The minimum absolute atomic E-state index is 0.260. The van der Waals surface area contributed by atoms with Gasteiger partial charge >= 0.3 is 6.09 Å². The summed E-state index contributed by atoms with van der Waals surface area (Å²) in [6.07, 6.45) is 0.621. The summed E-state index contributed by atoms with van der Waals surface area (Å²) in [6, 6.07) is 9.00. The highest BCUT2D eigenvalue weighted by Crippen LogP contribution is 2.39. The first-order chi connectivity index (χ1) is 12.2. The second-order valence-corrected chi connectivity index (χ2v) is 6.46. The van der Waals surface area contributed by atoms with Crippen molar-refractivity contribution in [2.24, 2.45) is 11.0 Å². The van der Waals surface area contributed by atoms with E-state index in [0.717, 1.165) is 18.4 Å². The van der Waals surface area contributed by atoms with Crippen LogP contribution >= 0.6 is 0 Å². The topological polar surface area (TPSA) is 117 Å². The highest BCUT2D eigenvalue weighted by Gasteiger charge is 2.43. The van der Waals surface area contributed by atoms with Gasteiger partial charge in [0.1, 0.15) is 6.10 Å². The van der Waals surface area contributed by atoms with Crippen LogP contribution in [-0.4, -0.2) is 35.7 Å². The van der Waals surface area contributed by atoms with Crippen molar-refractivity contribution in [3.05, 3.63) is 46.3 Å². The van der Waals surface area contributed by atoms with Crippen molar-refractivity contribution in [3.63, 3.8) is 0 Å². The predicted molar refractivity (Wildman–Crippen MR) is 89.3 cm³/mol. The number of hydrogen-bond acceptors (Lipinski definition) is 5. The molecule has 1 heterocycles. The number of nitrogens with one attached hydrogen (secondary N) is 1. The van der Waals surface area contributed by atoms with E-state index in [2.05, 4.69) is 15.3 Å². The molecule has 2 unspecified atom stereocenters. The number of carbonyl (C=O) groups excluding carboxylic acids is 1. The molecule has 25 heavy (non-hydrogen) atoms. The summed E-state index contributed by atoms with van der Waals surface area (Å²) in [5.41, 5.74) is 9.49. The zero-order chi connectivity index (χ0) is 17.6. The summed E-state index contributed by atoms with van der Waals surface area (Å²) in [4.78, 5) is 14.9. The fourth-order valence-corrected chi connectivity index (χ4v) is 3.07. The average Bonchev–Trinajstić information content (AvgIpc) is 3.46. The third-order valence-electron chi connectivity index (χ3n) is 4.57. The summed E-state index contributed by atoms with van der Waals surface area (Å²) in [5.74, 6) is 0.260. The molecule has 0 aromatic heterocycles. The molecule has 2 aliphatic rings. The number of carbonyl (C=O) groups is 1. The van der Waals surface area contributed by atoms with Crippen LogP contribution in [0.25, 0.3) is 10.4 Å². The number of amides is 1. The first-order valence-electron chi connectivity index (χ1n) is 8.53. The summed E-state index contributed by atoms with van der Waals surface area (Å²) in [6.45, 7) is 0.393. The number of benzene rings is 1. The molecule has 8 heteroatoms. The Labute approximate surface area is 145 Å². The third-order valence-corrected chi connectivity index (χ3v) is 4.57. The Morgan fingerprint density at radius 1 is 1.36 bits per heavy atom. The molecule has 1 aliphatic carbocycles. The van der Waals surface area contributed by atoms with E-state index >= 15 is 0 Å². The normalized spacial score (nSPS) is 27.0. The largest absolute Gasteiger partial charge is 0.443 e. The van der Waals surface area contributed by atoms with Crippen molar-refractivity contribution in [1.29, 1.82) is 0 Å². The standard InChI is InChI=1S/C17H22N4O4/c18-21-20-13-8-9-14(24-16(13)22)15(12-6-7-12)25-17(23)19-10-11-4-2-1-3-5-11/h1-5,12-16,22H,6-10H2,(H,19,23)/t13?,14-,15+,16?/m0/s1. The summed E-state index contributed by atoms with van der Waals surface area (Å²) in [5, 5.41) is 16.2. The molecule has 134 valence electrons. The van der Waals surface area contributed by atoms with E-state index in [0.29, 0.717) is 19.4 Å². The highest BCUT2D eigenvalue weighted by molar-refractivity contribution is 5.67. The van der Waals surface area contributed by atoms with E-state index in [1.54, 1.807) is 0 Å². The molecule has 0 bridgehead atoms. The summed E-state index contributed by atoms with van der Waals surface area (Å²) in [7, 11) is 0. The molecule has 0 radical (unpaired) electrons. The lowest BCUT2D eigenvalue weighted by Crippen LogP contribution is -2.46. The van der Waals surface area contributed by atoms with Crippen molar-refractivity contribution < 1.29 is 19.4 Å². The zero-order valence-electron chi connectivity index (χ0n) is 13.8. The van der Waals surface area contributed by atoms with Gasteiger partial charge in [-0.05, 0) is 42.7 Å². The number of alkyl carbamates (subject to hydrolysis) is 1. The Kier molecular flexibility index (Phi) is 5.75. The molecular formula is C17H22N4O4. The van der Waals surface area contributed by atoms with Gasteiger partial charge in [-0.15, -0.1) is 0 Å². The monoisotopic (exact) mass is 346 g/mol. The summed E-state index contributed by atoms with van der Waals surface area (Å²) < 4.78 is 11.2.